The van der Waals surface area contributed by atoms with Crippen LogP contribution < -0.4 is 0 Å². The molecule has 1 aromatic rings. The summed E-state index contributed by atoms with van der Waals surface area (Å²) < 4.78 is 82.4. The van der Waals surface area contributed by atoms with Gasteiger partial charge in [0.15, 0.2) is 5.79 Å². The molecule has 1 aliphatic carbocycles. The van der Waals surface area contributed by atoms with Crippen molar-refractivity contribution in [2.24, 2.45) is 0 Å². The summed E-state index contributed by atoms with van der Waals surface area (Å²) in [5.41, 5.74) is -0.932. The van der Waals surface area contributed by atoms with Crippen LogP contribution in [0.15, 0.2) is 23.1 Å². The van der Waals surface area contributed by atoms with E-state index in [4.69, 9.17) is 9.47 Å². The number of rotatable bonds is 2. The van der Waals surface area contributed by atoms with Gasteiger partial charge in [-0.2, -0.15) is 21.6 Å². The number of ether oxygens (including phenoxy) is 2. The Morgan fingerprint density at radius 1 is 1.12 bits per heavy atom. The minimum atomic E-state index is -4.60. The van der Waals surface area contributed by atoms with E-state index >= 15 is 0 Å². The summed E-state index contributed by atoms with van der Waals surface area (Å²) >= 11 is 0. The van der Waals surface area contributed by atoms with Gasteiger partial charge in [-0.3, -0.25) is 4.55 Å². The van der Waals surface area contributed by atoms with Gasteiger partial charge < -0.3 is 9.47 Å². The molecule has 3 rings (SSSR count). The molecule has 5 nitrogen and oxygen atoms in total. The molecule has 1 N–H and O–H groups in total. The third-order valence-corrected chi connectivity index (χ3v) is 5.54. The maximum atomic E-state index is 13.0. The van der Waals surface area contributed by atoms with Crippen LogP contribution in [0.3, 0.4) is 0 Å². The molecule has 0 aromatic heterocycles. The van der Waals surface area contributed by atoms with E-state index in [1.54, 1.807) is 0 Å². The van der Waals surface area contributed by atoms with Gasteiger partial charge in [0.25, 0.3) is 10.1 Å². The lowest BCUT2D eigenvalue weighted by Gasteiger charge is -2.36. The molecular formula is C15H17F3O5S. The smallest absolute Gasteiger partial charge is 0.348 e. The number of hydrogen-bond donors (Lipinski definition) is 1. The molecule has 1 heterocycles. The molecule has 0 radical (unpaired) electrons. The highest BCUT2D eigenvalue weighted by molar-refractivity contribution is 7.85. The van der Waals surface area contributed by atoms with Crippen LogP contribution >= 0.6 is 0 Å². The Labute approximate surface area is 137 Å². The van der Waals surface area contributed by atoms with Crippen molar-refractivity contribution in [2.45, 2.75) is 48.5 Å². The highest BCUT2D eigenvalue weighted by atomic mass is 32.2. The highest BCUT2D eigenvalue weighted by Gasteiger charge is 2.42. The van der Waals surface area contributed by atoms with Crippen LogP contribution in [0.1, 0.15) is 42.7 Å². The molecule has 9 heteroatoms. The van der Waals surface area contributed by atoms with Crippen molar-refractivity contribution < 1.29 is 35.6 Å². The predicted octanol–water partition coefficient (Wildman–Crippen LogP) is 3.35. The Kier molecular flexibility index (Phi) is 4.40. The first kappa shape index (κ1) is 17.7. The van der Waals surface area contributed by atoms with E-state index in [0.29, 0.717) is 45.0 Å². The SMILES string of the molecule is O=S(=O)(O)c1ccc(C(F)(F)F)cc1C1CCC2(CC1)OCCO2. The third kappa shape index (κ3) is 3.44. The molecular weight excluding hydrogens is 349 g/mol. The first-order valence-corrected chi connectivity index (χ1v) is 9.01. The second kappa shape index (κ2) is 5.98. The van der Waals surface area contributed by atoms with Crippen LogP contribution in [0.5, 0.6) is 0 Å². The zero-order chi connectivity index (χ0) is 17.6. The maximum Gasteiger partial charge on any atom is 0.416 e. The average molecular weight is 366 g/mol. The summed E-state index contributed by atoms with van der Waals surface area (Å²) in [6.45, 7) is 0.953. The zero-order valence-electron chi connectivity index (χ0n) is 12.7. The van der Waals surface area contributed by atoms with Crippen LogP contribution in [0, 0.1) is 0 Å². The Balaban J connectivity index is 1.93. The van der Waals surface area contributed by atoms with Gasteiger partial charge in [-0.25, -0.2) is 0 Å². The van der Waals surface area contributed by atoms with Gasteiger partial charge in [-0.1, -0.05) is 0 Å². The molecule has 0 amide bonds. The largest absolute Gasteiger partial charge is 0.416 e. The van der Waals surface area contributed by atoms with Crippen molar-refractivity contribution in [3.05, 3.63) is 29.3 Å². The summed E-state index contributed by atoms with van der Waals surface area (Å²) in [6, 6.07) is 2.31. The van der Waals surface area contributed by atoms with Gasteiger partial charge in [0.2, 0.25) is 0 Å². The fraction of sp³-hybridized carbons (Fsp3) is 0.600. The van der Waals surface area contributed by atoms with E-state index in [2.05, 4.69) is 0 Å². The highest BCUT2D eigenvalue weighted by Crippen LogP contribution is 2.44. The summed E-state index contributed by atoms with van der Waals surface area (Å²) in [5.74, 6) is -1.11. The van der Waals surface area contributed by atoms with Crippen LogP contribution in [0.25, 0.3) is 0 Å². The predicted molar refractivity (Wildman–Crippen MR) is 77.1 cm³/mol. The molecule has 24 heavy (non-hydrogen) atoms. The van der Waals surface area contributed by atoms with Crippen molar-refractivity contribution in [3.63, 3.8) is 0 Å². The number of alkyl halides is 3. The molecule has 1 aromatic carbocycles. The van der Waals surface area contributed by atoms with Gasteiger partial charge in [-0.05, 0) is 42.5 Å². The Hall–Kier alpha value is -1.16. The first-order chi connectivity index (χ1) is 11.1. The second-order valence-corrected chi connectivity index (χ2v) is 7.50. The van der Waals surface area contributed by atoms with Crippen molar-refractivity contribution in [2.75, 3.05) is 13.2 Å². The molecule has 0 unspecified atom stereocenters. The van der Waals surface area contributed by atoms with Crippen molar-refractivity contribution in [3.8, 4) is 0 Å². The van der Waals surface area contributed by atoms with Crippen LogP contribution in [-0.4, -0.2) is 32.0 Å². The van der Waals surface area contributed by atoms with E-state index in [-0.39, 0.29) is 5.56 Å². The van der Waals surface area contributed by atoms with Crippen molar-refractivity contribution >= 4 is 10.1 Å². The fourth-order valence-electron chi connectivity index (χ4n) is 3.43. The average Bonchev–Trinajstić information content (AvgIpc) is 2.94. The van der Waals surface area contributed by atoms with Crippen LogP contribution in [0.4, 0.5) is 13.2 Å². The van der Waals surface area contributed by atoms with E-state index in [0.717, 1.165) is 12.1 Å². The van der Waals surface area contributed by atoms with Gasteiger partial charge in [-0.15, -0.1) is 0 Å². The molecule has 1 saturated heterocycles. The molecule has 1 saturated carbocycles. The van der Waals surface area contributed by atoms with Crippen LogP contribution in [-0.2, 0) is 25.8 Å². The fourth-order valence-corrected chi connectivity index (χ4v) is 4.20. The summed E-state index contributed by atoms with van der Waals surface area (Å²) in [5, 5.41) is 0. The monoisotopic (exact) mass is 366 g/mol. The molecule has 2 aliphatic rings. The molecule has 1 aliphatic heterocycles. The van der Waals surface area contributed by atoms with Crippen molar-refractivity contribution in [1.82, 2.24) is 0 Å². The van der Waals surface area contributed by atoms with Gasteiger partial charge in [0.05, 0.1) is 23.7 Å². The minimum absolute atomic E-state index is 0.000159. The summed E-state index contributed by atoms with van der Waals surface area (Å²) in [6.07, 6.45) is -2.80. The Morgan fingerprint density at radius 3 is 2.21 bits per heavy atom. The van der Waals surface area contributed by atoms with Crippen molar-refractivity contribution in [1.29, 1.82) is 0 Å². The first-order valence-electron chi connectivity index (χ1n) is 7.57. The second-order valence-electron chi connectivity index (χ2n) is 6.11. The lowest BCUT2D eigenvalue weighted by Crippen LogP contribution is -2.34. The quantitative estimate of drug-likeness (QED) is 0.813. The molecule has 0 bridgehead atoms. The lowest BCUT2D eigenvalue weighted by atomic mass is 9.80. The normalized spacial score (nSPS) is 22.2. The van der Waals surface area contributed by atoms with Gasteiger partial charge in [0, 0.05) is 12.8 Å². The third-order valence-electron chi connectivity index (χ3n) is 4.62. The lowest BCUT2D eigenvalue weighted by molar-refractivity contribution is -0.179. The molecule has 1 spiro atoms. The van der Waals surface area contributed by atoms with E-state index in [1.807, 2.05) is 0 Å². The number of hydrogen-bond acceptors (Lipinski definition) is 4. The van der Waals surface area contributed by atoms with Gasteiger partial charge >= 0.3 is 6.18 Å². The van der Waals surface area contributed by atoms with Gasteiger partial charge in [0.1, 0.15) is 0 Å². The minimum Gasteiger partial charge on any atom is -0.348 e. The zero-order valence-corrected chi connectivity index (χ0v) is 13.5. The summed E-state index contributed by atoms with van der Waals surface area (Å²) in [4.78, 5) is -0.468. The Bertz CT molecular complexity index is 713. The maximum absolute atomic E-state index is 13.0. The Morgan fingerprint density at radius 2 is 1.71 bits per heavy atom. The van der Waals surface area contributed by atoms with Crippen LogP contribution in [0.2, 0.25) is 0 Å². The molecule has 2 fully saturated rings. The van der Waals surface area contributed by atoms with E-state index in [1.165, 1.54) is 0 Å². The topological polar surface area (TPSA) is 72.8 Å². The standard InChI is InChI=1S/C15H17F3O5S/c16-15(17,18)11-1-2-13(24(19,20)21)12(9-11)10-3-5-14(6-4-10)22-7-8-23-14/h1-2,9-10H,3-8H2,(H,19,20,21). The number of halogens is 3. The molecule has 0 atom stereocenters. The van der Waals surface area contributed by atoms with E-state index < -0.39 is 38.5 Å². The molecule has 134 valence electrons. The number of benzene rings is 1. The summed E-state index contributed by atoms with van der Waals surface area (Å²) in [7, 11) is -4.60. The van der Waals surface area contributed by atoms with E-state index in [9.17, 15) is 26.1 Å².